The number of nitrogens with one attached hydrogen (secondary N) is 5. The fourth-order valence-corrected chi connectivity index (χ4v) is 1.11. The first kappa shape index (κ1) is 18.7. The lowest BCUT2D eigenvalue weighted by Crippen LogP contribution is -2.51. The minimum atomic E-state index is -0.969. The highest BCUT2D eigenvalue weighted by Crippen LogP contribution is 2.06. The Labute approximate surface area is 123 Å². The number of hydrogen-bond acceptors (Lipinski definition) is 5. The Morgan fingerprint density at radius 1 is 1.05 bits per heavy atom. The minimum absolute atomic E-state index is 0.472. The van der Waals surface area contributed by atoms with E-state index >= 15 is 0 Å². The summed E-state index contributed by atoms with van der Waals surface area (Å²) < 4.78 is 4.86. The van der Waals surface area contributed by atoms with Crippen LogP contribution >= 0.6 is 0 Å². The van der Waals surface area contributed by atoms with Gasteiger partial charge in [-0.15, -0.1) is 0 Å². The Bertz CT molecular complexity index is 403. The van der Waals surface area contributed by atoms with Crippen LogP contribution in [0.5, 0.6) is 0 Å². The number of imide groups is 1. The number of unbranched alkanes of at least 4 members (excludes halogenated alkanes) is 1. The molecule has 0 unspecified atom stereocenters. The average Bonchev–Trinajstić information content (AvgIpc) is 2.25. The van der Waals surface area contributed by atoms with Gasteiger partial charge in [0.1, 0.15) is 5.60 Å². The molecule has 0 aromatic heterocycles. The molecule has 5 amide bonds. The summed E-state index contributed by atoms with van der Waals surface area (Å²) in [4.78, 5) is 33.9. The van der Waals surface area contributed by atoms with Crippen LogP contribution in [0.2, 0.25) is 0 Å². The van der Waals surface area contributed by atoms with Crippen LogP contribution in [-0.2, 0) is 4.74 Å². The number of guanidine groups is 1. The third kappa shape index (κ3) is 11.2. The number of hydrogen-bond donors (Lipinski definition) is 5. The Kier molecular flexibility index (Phi) is 7.80. The summed E-state index contributed by atoms with van der Waals surface area (Å²) in [5, 5.41) is 15.8. The van der Waals surface area contributed by atoms with Gasteiger partial charge in [-0.2, -0.15) is 0 Å². The molecule has 21 heavy (non-hydrogen) atoms. The van der Waals surface area contributed by atoms with Gasteiger partial charge in [0.25, 0.3) is 0 Å². The van der Waals surface area contributed by atoms with Crippen molar-refractivity contribution in [2.75, 3.05) is 6.54 Å². The second-order valence-electron chi connectivity index (χ2n) is 5.19. The van der Waals surface area contributed by atoms with Crippen LogP contribution in [0.1, 0.15) is 40.5 Å². The highest BCUT2D eigenvalue weighted by Gasteiger charge is 2.18. The predicted molar refractivity (Wildman–Crippen MR) is 77.1 cm³/mol. The van der Waals surface area contributed by atoms with E-state index in [2.05, 4.69) is 10.6 Å². The second kappa shape index (κ2) is 8.77. The summed E-state index contributed by atoms with van der Waals surface area (Å²) in [7, 11) is 0. The van der Waals surface area contributed by atoms with E-state index in [-0.39, 0.29) is 0 Å². The molecule has 120 valence electrons. The van der Waals surface area contributed by atoms with Crippen molar-refractivity contribution in [2.24, 2.45) is 0 Å². The van der Waals surface area contributed by atoms with Crippen molar-refractivity contribution in [2.45, 2.75) is 46.1 Å². The molecule has 0 rings (SSSR count). The van der Waals surface area contributed by atoms with Crippen LogP contribution in [0.3, 0.4) is 0 Å². The summed E-state index contributed by atoms with van der Waals surface area (Å²) in [6.45, 7) is 7.39. The first-order chi connectivity index (χ1) is 9.64. The molecule has 0 bridgehead atoms. The Morgan fingerprint density at radius 3 is 2.14 bits per heavy atom. The molecule has 0 saturated heterocycles. The van der Waals surface area contributed by atoms with Crippen molar-refractivity contribution in [3.05, 3.63) is 0 Å². The van der Waals surface area contributed by atoms with E-state index in [1.807, 2.05) is 17.6 Å². The maximum absolute atomic E-state index is 11.4. The summed E-state index contributed by atoms with van der Waals surface area (Å²) >= 11 is 0. The van der Waals surface area contributed by atoms with Crippen molar-refractivity contribution < 1.29 is 19.1 Å². The molecule has 0 heterocycles. The number of ether oxygens (including phenoxy) is 1. The molecule has 9 nitrogen and oxygen atoms in total. The standard InChI is InChI=1S/C12H23N5O4/c1-5-6-7-14-9(18)15-8(13)16-10(19)17-11(20)21-12(2,3)4/h5-7H2,1-4H3,(H5,13,14,15,16,17,18,19,20). The normalized spacial score (nSPS) is 10.3. The van der Waals surface area contributed by atoms with Gasteiger partial charge in [-0.1, -0.05) is 13.3 Å². The van der Waals surface area contributed by atoms with Crippen LogP contribution < -0.4 is 21.3 Å². The number of carbonyl (C=O) groups is 3. The van der Waals surface area contributed by atoms with Crippen LogP contribution in [-0.4, -0.2) is 36.3 Å². The molecule has 0 spiro atoms. The fourth-order valence-electron chi connectivity index (χ4n) is 1.11. The lowest BCUT2D eigenvalue weighted by Gasteiger charge is -2.19. The van der Waals surface area contributed by atoms with Crippen molar-refractivity contribution in [3.63, 3.8) is 0 Å². The lowest BCUT2D eigenvalue weighted by atomic mass is 10.2. The van der Waals surface area contributed by atoms with Gasteiger partial charge in [-0.3, -0.25) is 16.0 Å². The smallest absolute Gasteiger partial charge is 0.415 e. The quantitative estimate of drug-likeness (QED) is 0.305. The van der Waals surface area contributed by atoms with Gasteiger partial charge in [0.05, 0.1) is 0 Å². The van der Waals surface area contributed by atoms with E-state index in [9.17, 15) is 14.4 Å². The third-order valence-electron chi connectivity index (χ3n) is 1.91. The van der Waals surface area contributed by atoms with Crippen LogP contribution in [0.4, 0.5) is 14.4 Å². The van der Waals surface area contributed by atoms with Gasteiger partial charge in [0, 0.05) is 6.54 Å². The molecule has 5 N–H and O–H groups in total. The number of alkyl carbamates (subject to hydrolysis) is 1. The van der Waals surface area contributed by atoms with Gasteiger partial charge < -0.3 is 10.1 Å². The molecular formula is C12H23N5O4. The van der Waals surface area contributed by atoms with Gasteiger partial charge in [-0.05, 0) is 27.2 Å². The molecule has 0 aromatic rings. The van der Waals surface area contributed by atoms with Gasteiger partial charge >= 0.3 is 18.2 Å². The average molecular weight is 301 g/mol. The zero-order valence-electron chi connectivity index (χ0n) is 12.8. The SMILES string of the molecule is CCCCNC(=O)NC(=N)NC(=O)NC(=O)OC(C)(C)C. The number of urea groups is 2. The maximum Gasteiger partial charge on any atom is 0.415 e. The van der Waals surface area contributed by atoms with E-state index in [1.54, 1.807) is 20.8 Å². The van der Waals surface area contributed by atoms with Crippen LogP contribution in [0, 0.1) is 5.41 Å². The molecule has 0 radical (unpaired) electrons. The monoisotopic (exact) mass is 301 g/mol. The Hall–Kier alpha value is -2.32. The highest BCUT2D eigenvalue weighted by molar-refractivity contribution is 6.05. The van der Waals surface area contributed by atoms with E-state index in [0.29, 0.717) is 6.54 Å². The first-order valence-corrected chi connectivity index (χ1v) is 6.58. The van der Waals surface area contributed by atoms with Gasteiger partial charge in [0.15, 0.2) is 0 Å². The van der Waals surface area contributed by atoms with Crippen molar-refractivity contribution in [1.82, 2.24) is 21.3 Å². The molecule has 0 fully saturated rings. The van der Waals surface area contributed by atoms with Crippen molar-refractivity contribution in [3.8, 4) is 0 Å². The van der Waals surface area contributed by atoms with E-state index < -0.39 is 29.7 Å². The molecule has 0 aliphatic rings. The largest absolute Gasteiger partial charge is 0.443 e. The zero-order valence-corrected chi connectivity index (χ0v) is 12.8. The summed E-state index contributed by atoms with van der Waals surface area (Å²) in [5.74, 6) is -0.551. The topological polar surface area (TPSA) is 132 Å². The summed E-state index contributed by atoms with van der Waals surface area (Å²) in [6, 6.07) is -1.57. The summed E-state index contributed by atoms with van der Waals surface area (Å²) in [6.07, 6.45) is 0.793. The molecule has 9 heteroatoms. The maximum atomic E-state index is 11.4. The molecular weight excluding hydrogens is 278 g/mol. The molecule has 0 aliphatic heterocycles. The van der Waals surface area contributed by atoms with Crippen molar-refractivity contribution >= 4 is 24.1 Å². The Balaban J connectivity index is 4.02. The molecule has 0 atom stereocenters. The molecule has 0 aromatic carbocycles. The Morgan fingerprint density at radius 2 is 1.62 bits per heavy atom. The molecule has 0 aliphatic carbocycles. The van der Waals surface area contributed by atoms with Crippen molar-refractivity contribution in [1.29, 1.82) is 5.41 Å². The van der Waals surface area contributed by atoms with Gasteiger partial charge in [-0.25, -0.2) is 19.7 Å². The fraction of sp³-hybridized carbons (Fsp3) is 0.667. The van der Waals surface area contributed by atoms with Crippen LogP contribution in [0.25, 0.3) is 0 Å². The zero-order chi connectivity index (χ0) is 16.5. The minimum Gasteiger partial charge on any atom is -0.443 e. The first-order valence-electron chi connectivity index (χ1n) is 6.58. The molecule has 0 saturated carbocycles. The number of rotatable bonds is 3. The predicted octanol–water partition coefficient (Wildman–Crippen LogP) is 1.25. The third-order valence-corrected chi connectivity index (χ3v) is 1.91. The van der Waals surface area contributed by atoms with E-state index in [1.165, 1.54) is 0 Å². The second-order valence-corrected chi connectivity index (χ2v) is 5.19. The summed E-state index contributed by atoms with van der Waals surface area (Å²) in [5.41, 5.74) is -0.741. The van der Waals surface area contributed by atoms with Crippen LogP contribution in [0.15, 0.2) is 0 Å². The lowest BCUT2D eigenvalue weighted by molar-refractivity contribution is 0.0548. The number of amides is 5. The van der Waals surface area contributed by atoms with E-state index in [4.69, 9.17) is 10.1 Å². The van der Waals surface area contributed by atoms with Gasteiger partial charge in [0.2, 0.25) is 5.96 Å². The highest BCUT2D eigenvalue weighted by atomic mass is 16.6. The number of carbonyl (C=O) groups excluding carboxylic acids is 3. The van der Waals surface area contributed by atoms with E-state index in [0.717, 1.165) is 12.8 Å².